The number of carbonyl (C=O) groups excluding carboxylic acids is 7. The maximum absolute atomic E-state index is 13.3. The molecule has 0 aliphatic rings. The van der Waals surface area contributed by atoms with E-state index < -0.39 is 91.7 Å². The normalized spacial score (nSPS) is 13.5. The number of aliphatic hydroxyl groups excluding tert-OH is 1. The van der Waals surface area contributed by atoms with E-state index >= 15 is 0 Å². The first-order valence-electron chi connectivity index (χ1n) is 18.8. The Labute approximate surface area is 331 Å². The molecule has 0 fully saturated rings. The molecule has 2 rings (SSSR count). The number of carbonyl (C=O) groups is 7. The van der Waals surface area contributed by atoms with Crippen molar-refractivity contribution in [2.45, 2.75) is 95.6 Å². The van der Waals surface area contributed by atoms with Gasteiger partial charge in [-0.15, -0.1) is 0 Å². The number of hydrogen-bond acceptors (Lipinski definition) is 12. The fourth-order valence-corrected chi connectivity index (χ4v) is 5.43. The molecule has 2 aromatic carbocycles. The summed E-state index contributed by atoms with van der Waals surface area (Å²) in [5, 5.41) is 42.2. The number of unbranched alkanes of at least 4 members (excludes halogenated alkanes) is 2. The van der Waals surface area contributed by atoms with E-state index in [0.717, 1.165) is 30.4 Å². The smallest absolute Gasteiger partial charge is 0.426 e. The molecule has 0 radical (unpaired) electrons. The molecule has 0 spiro atoms. The molecule has 57 heavy (non-hydrogen) atoms. The molecule has 312 valence electrons. The average molecular weight is 798 g/mol. The van der Waals surface area contributed by atoms with Gasteiger partial charge in [-0.05, 0) is 74.4 Å². The van der Waals surface area contributed by atoms with Gasteiger partial charge in [-0.3, -0.25) is 33.6 Å². The Morgan fingerprint density at radius 3 is 1.95 bits per heavy atom. The molecule has 20 heteroatoms. The molecule has 0 bridgehead atoms. The van der Waals surface area contributed by atoms with Gasteiger partial charge in [0.05, 0.1) is 19.0 Å². The van der Waals surface area contributed by atoms with E-state index in [1.807, 2.05) is 24.3 Å². The summed E-state index contributed by atoms with van der Waals surface area (Å²) in [5.41, 5.74) is 20.1. The van der Waals surface area contributed by atoms with Gasteiger partial charge in [-0.2, -0.15) is 0 Å². The van der Waals surface area contributed by atoms with E-state index in [2.05, 4.69) is 51.0 Å². The van der Waals surface area contributed by atoms with E-state index in [-0.39, 0.29) is 19.4 Å². The molecule has 2 aromatic rings. The number of hydrogen-bond donors (Lipinski definition) is 12. The van der Waals surface area contributed by atoms with Gasteiger partial charge in [0.1, 0.15) is 18.1 Å². The maximum Gasteiger partial charge on any atom is 0.472 e. The highest BCUT2D eigenvalue weighted by molar-refractivity contribution is 6.41. The van der Waals surface area contributed by atoms with Gasteiger partial charge in [0.15, 0.2) is 6.17 Å². The summed E-state index contributed by atoms with van der Waals surface area (Å²) in [7, 11) is -1.92. The number of nitrogens with two attached hydrogens (primary N) is 3. The standard InChI is InChI=1S/C37H56BN9O10/c1-3-4-7-23-9-11-24(12-10-23)25-13-15-26(16-14-25)33(51)42-19-17-30(50)44-27(8-5-6-18-39)35(53)46-31(22(2)48)36(54)47-32(41)37(55)45-28(20-29(40)49)34(52)43-21-38(56)57/h9-16,22,27-28,31-32,48,56-57H,3-8,17-21,39,41H2,1-2H3,(H2,40,49)(H,42,51)(H,43,52)(H,44,50)(H,45,55)(H,46,53)(H,47,54)/t22?,27-,28-,31-,32+/m0/s1. The summed E-state index contributed by atoms with van der Waals surface area (Å²) < 4.78 is 0. The lowest BCUT2D eigenvalue weighted by atomic mass is 9.92. The van der Waals surface area contributed by atoms with Gasteiger partial charge >= 0.3 is 7.12 Å². The molecular weight excluding hydrogens is 741 g/mol. The lowest BCUT2D eigenvalue weighted by Crippen LogP contribution is -2.63. The van der Waals surface area contributed by atoms with Crippen LogP contribution in [0.5, 0.6) is 0 Å². The minimum atomic E-state index is -1.92. The van der Waals surface area contributed by atoms with Crippen LogP contribution >= 0.6 is 0 Å². The van der Waals surface area contributed by atoms with Crippen LogP contribution in [0.3, 0.4) is 0 Å². The minimum Gasteiger partial charge on any atom is -0.426 e. The molecule has 7 amide bonds. The molecule has 19 nitrogen and oxygen atoms in total. The summed E-state index contributed by atoms with van der Waals surface area (Å²) in [5.74, 6) is -6.09. The van der Waals surface area contributed by atoms with Crippen molar-refractivity contribution >= 4 is 48.5 Å². The number of amides is 7. The van der Waals surface area contributed by atoms with Crippen LogP contribution in [0.1, 0.15) is 74.7 Å². The Bertz CT molecular complexity index is 1650. The Morgan fingerprint density at radius 2 is 1.39 bits per heavy atom. The molecule has 0 aliphatic heterocycles. The predicted octanol–water partition coefficient (Wildman–Crippen LogP) is -2.82. The summed E-state index contributed by atoms with van der Waals surface area (Å²) in [4.78, 5) is 88.6. The first-order valence-corrected chi connectivity index (χ1v) is 18.8. The third-order valence-electron chi connectivity index (χ3n) is 8.63. The second kappa shape index (κ2) is 25.0. The van der Waals surface area contributed by atoms with E-state index in [0.29, 0.717) is 24.9 Å². The molecule has 0 saturated heterocycles. The largest absolute Gasteiger partial charge is 0.472 e. The Morgan fingerprint density at radius 1 is 0.754 bits per heavy atom. The van der Waals surface area contributed by atoms with E-state index in [1.54, 1.807) is 12.1 Å². The Kier molecular flexibility index (Phi) is 20.9. The topological polar surface area (TPSA) is 330 Å². The van der Waals surface area contributed by atoms with Crippen molar-refractivity contribution in [3.63, 3.8) is 0 Å². The molecule has 0 saturated carbocycles. The third kappa shape index (κ3) is 17.5. The van der Waals surface area contributed by atoms with Gasteiger partial charge in [0, 0.05) is 18.5 Å². The summed E-state index contributed by atoms with van der Waals surface area (Å²) in [6, 6.07) is 10.9. The van der Waals surface area contributed by atoms with Crippen molar-refractivity contribution in [2.75, 3.05) is 19.5 Å². The Balaban J connectivity index is 1.98. The fraction of sp³-hybridized carbons (Fsp3) is 0.486. The van der Waals surface area contributed by atoms with Crippen LogP contribution in [-0.2, 0) is 35.2 Å². The number of rotatable bonds is 25. The van der Waals surface area contributed by atoms with Gasteiger partial charge in [-0.25, -0.2) is 0 Å². The van der Waals surface area contributed by atoms with Gasteiger partial charge in [0.2, 0.25) is 29.5 Å². The van der Waals surface area contributed by atoms with E-state index in [9.17, 15) is 38.7 Å². The number of benzene rings is 2. The quantitative estimate of drug-likeness (QED) is 0.0275. The van der Waals surface area contributed by atoms with Gasteiger partial charge in [0.25, 0.3) is 11.8 Å². The van der Waals surface area contributed by atoms with Gasteiger partial charge in [-0.1, -0.05) is 49.7 Å². The summed E-state index contributed by atoms with van der Waals surface area (Å²) in [6.45, 7) is 3.60. The van der Waals surface area contributed by atoms with Crippen molar-refractivity contribution in [1.29, 1.82) is 0 Å². The van der Waals surface area contributed by atoms with Crippen molar-refractivity contribution in [3.8, 4) is 11.1 Å². The number of primary amides is 1. The lowest BCUT2D eigenvalue weighted by Gasteiger charge is -2.26. The molecule has 15 N–H and O–H groups in total. The van der Waals surface area contributed by atoms with Gasteiger partial charge < -0.3 is 64.3 Å². The van der Waals surface area contributed by atoms with Crippen LogP contribution in [0.25, 0.3) is 11.1 Å². The lowest BCUT2D eigenvalue weighted by molar-refractivity contribution is -0.136. The zero-order chi connectivity index (χ0) is 42.5. The van der Waals surface area contributed by atoms with Crippen molar-refractivity contribution < 1.29 is 48.7 Å². The van der Waals surface area contributed by atoms with Crippen LogP contribution < -0.4 is 49.1 Å². The van der Waals surface area contributed by atoms with E-state index in [4.69, 9.17) is 27.2 Å². The van der Waals surface area contributed by atoms with Crippen LogP contribution in [0.2, 0.25) is 0 Å². The second-order valence-electron chi connectivity index (χ2n) is 13.5. The number of aryl methyl sites for hydroxylation is 1. The fourth-order valence-electron chi connectivity index (χ4n) is 5.43. The molecule has 0 aromatic heterocycles. The number of nitrogens with one attached hydrogen (secondary N) is 6. The molecule has 0 heterocycles. The highest BCUT2D eigenvalue weighted by atomic mass is 16.4. The molecule has 0 aliphatic carbocycles. The summed E-state index contributed by atoms with van der Waals surface area (Å²) in [6.07, 6.45) is -0.582. The number of aliphatic hydroxyl groups is 1. The zero-order valence-corrected chi connectivity index (χ0v) is 32.3. The average Bonchev–Trinajstić information content (AvgIpc) is 3.17. The van der Waals surface area contributed by atoms with E-state index in [1.165, 1.54) is 12.5 Å². The molecule has 1 unspecified atom stereocenters. The third-order valence-corrected chi connectivity index (χ3v) is 8.63. The monoisotopic (exact) mass is 797 g/mol. The molecular formula is C37H56BN9O10. The van der Waals surface area contributed by atoms with Crippen molar-refractivity contribution in [1.82, 2.24) is 31.9 Å². The molecule has 5 atom stereocenters. The maximum atomic E-state index is 13.3. The highest BCUT2D eigenvalue weighted by Gasteiger charge is 2.32. The van der Waals surface area contributed by atoms with Crippen molar-refractivity contribution in [2.24, 2.45) is 17.2 Å². The predicted molar refractivity (Wildman–Crippen MR) is 211 cm³/mol. The SMILES string of the molecule is CCCCc1ccc(-c2ccc(C(=O)NCCC(=O)N[C@@H](CCCCN)C(=O)N[C@H](C(=O)N[C@@H](N)C(=O)N[C@@H](CC(N)=O)C(=O)NCB(O)O)C(C)O)cc2)cc1. The van der Waals surface area contributed by atoms with Crippen LogP contribution in [0.15, 0.2) is 48.5 Å². The Hall–Kier alpha value is -5.41. The highest BCUT2D eigenvalue weighted by Crippen LogP contribution is 2.21. The van der Waals surface area contributed by atoms with Crippen LogP contribution in [-0.4, -0.2) is 114 Å². The summed E-state index contributed by atoms with van der Waals surface area (Å²) >= 11 is 0. The second-order valence-corrected chi connectivity index (χ2v) is 13.5. The van der Waals surface area contributed by atoms with Crippen molar-refractivity contribution in [3.05, 3.63) is 59.7 Å². The minimum absolute atomic E-state index is 0.0488. The first-order chi connectivity index (χ1) is 27.1. The zero-order valence-electron chi connectivity index (χ0n) is 32.3. The van der Waals surface area contributed by atoms with Crippen LogP contribution in [0, 0.1) is 0 Å². The first kappa shape index (κ1) is 47.7. The van der Waals surface area contributed by atoms with Crippen LogP contribution in [0.4, 0.5) is 0 Å².